The molecule has 1 aliphatic rings. The highest BCUT2D eigenvalue weighted by Gasteiger charge is 2.26. The minimum atomic E-state index is 0.175. The fourth-order valence-corrected chi connectivity index (χ4v) is 3.55. The second-order valence-electron chi connectivity index (χ2n) is 7.31. The van der Waals surface area contributed by atoms with E-state index in [0.29, 0.717) is 21.9 Å². The molecule has 0 radical (unpaired) electrons. The molecule has 2 rings (SSSR count). The van der Waals surface area contributed by atoms with Gasteiger partial charge < -0.3 is 5.32 Å². The monoisotopic (exact) mass is 327 g/mol. The van der Waals surface area contributed by atoms with Crippen molar-refractivity contribution in [1.29, 1.82) is 0 Å². The van der Waals surface area contributed by atoms with Gasteiger partial charge in [-0.15, -0.1) is 0 Å². The normalized spacial score (nSPS) is 23.9. The first-order chi connectivity index (χ1) is 9.87. The Morgan fingerprint density at radius 1 is 1.05 bits per heavy atom. The number of rotatable bonds is 3. The molecule has 0 saturated heterocycles. The summed E-state index contributed by atoms with van der Waals surface area (Å²) in [4.78, 5) is 0. The van der Waals surface area contributed by atoms with Crippen molar-refractivity contribution in [2.75, 3.05) is 6.54 Å². The summed E-state index contributed by atoms with van der Waals surface area (Å²) in [5.41, 5.74) is 1.53. The van der Waals surface area contributed by atoms with Gasteiger partial charge in [-0.05, 0) is 69.7 Å². The summed E-state index contributed by atoms with van der Waals surface area (Å²) in [6, 6.07) is 6.18. The van der Waals surface area contributed by atoms with Gasteiger partial charge >= 0.3 is 0 Å². The Hall–Kier alpha value is -0.240. The molecule has 1 nitrogen and oxygen atoms in total. The second kappa shape index (κ2) is 7.35. The average Bonchev–Trinajstić information content (AvgIpc) is 2.64. The van der Waals surface area contributed by atoms with Crippen LogP contribution in [0, 0.1) is 5.92 Å². The Kier molecular flexibility index (Phi) is 5.99. The molecule has 0 aliphatic heterocycles. The predicted octanol–water partition coefficient (Wildman–Crippen LogP) is 6.05. The van der Waals surface area contributed by atoms with Crippen LogP contribution in [0.1, 0.15) is 64.4 Å². The van der Waals surface area contributed by atoms with Gasteiger partial charge in [0, 0.05) is 5.54 Å². The molecule has 2 unspecified atom stereocenters. The van der Waals surface area contributed by atoms with Gasteiger partial charge in [0.1, 0.15) is 0 Å². The molecule has 1 aromatic carbocycles. The minimum absolute atomic E-state index is 0.175. The molecule has 0 amide bonds. The fourth-order valence-electron chi connectivity index (χ4n) is 3.25. The van der Waals surface area contributed by atoms with E-state index in [1.54, 1.807) is 0 Å². The van der Waals surface area contributed by atoms with Crippen molar-refractivity contribution in [3.63, 3.8) is 0 Å². The standard InChI is InChI=1S/C18H27Cl2N/c1-18(2,3)21-12-14-7-5-4-6-8-15(14)13-9-10-16(19)17(20)11-13/h9-11,14-15,21H,4-8,12H2,1-3H3. The third kappa shape index (κ3) is 5.16. The van der Waals surface area contributed by atoms with Crippen LogP contribution in [-0.4, -0.2) is 12.1 Å². The fraction of sp³-hybridized carbons (Fsp3) is 0.667. The molecule has 1 aromatic rings. The summed E-state index contributed by atoms with van der Waals surface area (Å²) in [5.74, 6) is 1.28. The van der Waals surface area contributed by atoms with Crippen LogP contribution in [-0.2, 0) is 0 Å². The van der Waals surface area contributed by atoms with E-state index in [4.69, 9.17) is 23.2 Å². The molecule has 3 heteroatoms. The third-order valence-electron chi connectivity index (χ3n) is 4.43. The zero-order valence-electron chi connectivity index (χ0n) is 13.4. The molecular weight excluding hydrogens is 301 g/mol. The van der Waals surface area contributed by atoms with Gasteiger partial charge in [-0.3, -0.25) is 0 Å². The van der Waals surface area contributed by atoms with Gasteiger partial charge in [0.2, 0.25) is 0 Å². The first kappa shape index (κ1) is 17.1. The van der Waals surface area contributed by atoms with E-state index in [-0.39, 0.29) is 5.54 Å². The Morgan fingerprint density at radius 3 is 2.43 bits per heavy atom. The van der Waals surface area contributed by atoms with E-state index in [1.807, 2.05) is 6.07 Å². The van der Waals surface area contributed by atoms with Crippen molar-refractivity contribution in [2.45, 2.75) is 64.3 Å². The molecule has 1 aliphatic carbocycles. The van der Waals surface area contributed by atoms with Gasteiger partial charge in [-0.2, -0.15) is 0 Å². The second-order valence-corrected chi connectivity index (χ2v) is 8.12. The summed E-state index contributed by atoms with van der Waals surface area (Å²) in [6.45, 7) is 7.78. The average molecular weight is 328 g/mol. The first-order valence-electron chi connectivity index (χ1n) is 8.07. The molecule has 0 aromatic heterocycles. The van der Waals surface area contributed by atoms with Crippen LogP contribution < -0.4 is 5.32 Å². The van der Waals surface area contributed by atoms with E-state index in [0.717, 1.165) is 6.54 Å². The molecule has 1 fully saturated rings. The Bertz CT molecular complexity index is 465. The van der Waals surface area contributed by atoms with Crippen LogP contribution in [0.5, 0.6) is 0 Å². The summed E-state index contributed by atoms with van der Waals surface area (Å²) in [5, 5.41) is 5.02. The molecular formula is C18H27Cl2N. The molecule has 0 bridgehead atoms. The van der Waals surface area contributed by atoms with Crippen molar-refractivity contribution in [3.05, 3.63) is 33.8 Å². The molecule has 1 N–H and O–H groups in total. The topological polar surface area (TPSA) is 12.0 Å². The van der Waals surface area contributed by atoms with Gasteiger partial charge in [0.25, 0.3) is 0 Å². The smallest absolute Gasteiger partial charge is 0.0595 e. The molecule has 0 heterocycles. The maximum Gasteiger partial charge on any atom is 0.0595 e. The highest BCUT2D eigenvalue weighted by Crippen LogP contribution is 2.38. The summed E-state index contributed by atoms with van der Waals surface area (Å²) < 4.78 is 0. The van der Waals surface area contributed by atoms with Gasteiger partial charge in [0.05, 0.1) is 10.0 Å². The maximum absolute atomic E-state index is 6.22. The molecule has 2 atom stereocenters. The van der Waals surface area contributed by atoms with Gasteiger partial charge in [0.15, 0.2) is 0 Å². The molecule has 1 saturated carbocycles. The van der Waals surface area contributed by atoms with Crippen molar-refractivity contribution in [2.24, 2.45) is 5.92 Å². The van der Waals surface area contributed by atoms with E-state index < -0.39 is 0 Å². The zero-order valence-corrected chi connectivity index (χ0v) is 14.9. The highest BCUT2D eigenvalue weighted by atomic mass is 35.5. The van der Waals surface area contributed by atoms with Crippen molar-refractivity contribution in [3.8, 4) is 0 Å². The molecule has 0 spiro atoms. The van der Waals surface area contributed by atoms with E-state index in [9.17, 15) is 0 Å². The van der Waals surface area contributed by atoms with Crippen molar-refractivity contribution in [1.82, 2.24) is 5.32 Å². The van der Waals surface area contributed by atoms with Crippen LogP contribution in [0.15, 0.2) is 18.2 Å². The van der Waals surface area contributed by atoms with Crippen LogP contribution in [0.2, 0.25) is 10.0 Å². The number of nitrogens with one attached hydrogen (secondary N) is 1. The molecule has 118 valence electrons. The third-order valence-corrected chi connectivity index (χ3v) is 5.16. The van der Waals surface area contributed by atoms with E-state index >= 15 is 0 Å². The Labute approximate surface area is 139 Å². The van der Waals surface area contributed by atoms with Crippen LogP contribution >= 0.6 is 23.2 Å². The van der Waals surface area contributed by atoms with Crippen molar-refractivity contribution >= 4 is 23.2 Å². The number of halogens is 2. The summed E-state index contributed by atoms with van der Waals surface area (Å²) in [7, 11) is 0. The number of hydrogen-bond acceptors (Lipinski definition) is 1. The van der Waals surface area contributed by atoms with E-state index in [2.05, 4.69) is 38.2 Å². The van der Waals surface area contributed by atoms with Crippen molar-refractivity contribution < 1.29 is 0 Å². The first-order valence-corrected chi connectivity index (χ1v) is 8.82. The van der Waals surface area contributed by atoms with Crippen LogP contribution in [0.25, 0.3) is 0 Å². The zero-order chi connectivity index (χ0) is 15.5. The SMILES string of the molecule is CC(C)(C)NCC1CCCCCC1c1ccc(Cl)c(Cl)c1. The molecule has 21 heavy (non-hydrogen) atoms. The van der Waals surface area contributed by atoms with E-state index in [1.165, 1.54) is 37.7 Å². The largest absolute Gasteiger partial charge is 0.312 e. The quantitative estimate of drug-likeness (QED) is 0.666. The highest BCUT2D eigenvalue weighted by molar-refractivity contribution is 6.42. The summed E-state index contributed by atoms with van der Waals surface area (Å²) >= 11 is 12.3. The van der Waals surface area contributed by atoms with Crippen LogP contribution in [0.4, 0.5) is 0 Å². The Morgan fingerprint density at radius 2 is 1.76 bits per heavy atom. The lowest BCUT2D eigenvalue weighted by Gasteiger charge is -2.30. The Balaban J connectivity index is 2.16. The van der Waals surface area contributed by atoms with Gasteiger partial charge in [-0.25, -0.2) is 0 Å². The van der Waals surface area contributed by atoms with Crippen LogP contribution in [0.3, 0.4) is 0 Å². The lowest BCUT2D eigenvalue weighted by Crippen LogP contribution is -2.40. The summed E-state index contributed by atoms with van der Waals surface area (Å²) in [6.07, 6.45) is 6.57. The van der Waals surface area contributed by atoms with Gasteiger partial charge in [-0.1, -0.05) is 48.5 Å². The lowest BCUT2D eigenvalue weighted by atomic mass is 9.82. The minimum Gasteiger partial charge on any atom is -0.312 e. The number of benzene rings is 1. The maximum atomic E-state index is 6.22. The number of hydrogen-bond donors (Lipinski definition) is 1. The lowest BCUT2D eigenvalue weighted by molar-refractivity contribution is 0.322. The predicted molar refractivity (Wildman–Crippen MR) is 93.5 cm³/mol.